The summed E-state index contributed by atoms with van der Waals surface area (Å²) in [6.45, 7) is 5.51. The molecule has 0 aromatic rings. The van der Waals surface area contributed by atoms with Crippen molar-refractivity contribution in [1.29, 1.82) is 0 Å². The molecule has 1 aliphatic carbocycles. The molecular formula is C34H61O11P. The maximum Gasteiger partial charge on any atom is 0.469 e. The van der Waals surface area contributed by atoms with Crippen LogP contribution < -0.4 is 0 Å². The summed E-state index contributed by atoms with van der Waals surface area (Å²) >= 11 is 0. The molecule has 0 bridgehead atoms. The number of phosphoric acid groups is 1. The minimum atomic E-state index is -4.82. The van der Waals surface area contributed by atoms with Gasteiger partial charge in [-0.15, -0.1) is 0 Å². The van der Waals surface area contributed by atoms with Gasteiger partial charge in [0.25, 0.3) is 0 Å². The number of esters is 2. The molecule has 1 saturated carbocycles. The minimum absolute atomic E-state index is 0.112. The minimum Gasteiger partial charge on any atom is -0.461 e. The van der Waals surface area contributed by atoms with Gasteiger partial charge in [-0.25, -0.2) is 4.57 Å². The highest BCUT2D eigenvalue weighted by Crippen LogP contribution is 2.37. The van der Waals surface area contributed by atoms with Gasteiger partial charge in [0.2, 0.25) is 0 Å². The zero-order valence-corrected chi connectivity index (χ0v) is 29.1. The molecule has 1 aliphatic rings. The number of carbonyl (C=O) groups is 2. The molecule has 12 heteroatoms. The molecule has 0 aromatic heterocycles. The van der Waals surface area contributed by atoms with Crippen LogP contribution in [0.4, 0.5) is 0 Å². The van der Waals surface area contributed by atoms with Crippen LogP contribution in [0.5, 0.6) is 0 Å². The summed E-state index contributed by atoms with van der Waals surface area (Å²) in [6, 6.07) is 0. The molecule has 11 nitrogen and oxygen atoms in total. The number of unbranched alkanes of at least 4 members (excludes halogenated alkanes) is 7. The predicted octanol–water partition coefficient (Wildman–Crippen LogP) is 5.91. The number of rotatable bonds is 26. The first-order valence-electron chi connectivity index (χ1n) is 17.3. The van der Waals surface area contributed by atoms with Crippen molar-refractivity contribution in [2.75, 3.05) is 13.2 Å². The van der Waals surface area contributed by atoms with E-state index in [2.05, 4.69) is 25.3 Å². The number of aliphatic hydroxyl groups is 3. The second-order valence-corrected chi connectivity index (χ2v) is 14.0. The van der Waals surface area contributed by atoms with Crippen LogP contribution >= 0.6 is 7.82 Å². The molecule has 7 atom stereocenters. The molecule has 1 unspecified atom stereocenters. The fourth-order valence-corrected chi connectivity index (χ4v) is 5.92. The summed E-state index contributed by atoms with van der Waals surface area (Å²) in [5.41, 5.74) is 0. The molecule has 1 fully saturated rings. The second-order valence-electron chi connectivity index (χ2n) is 12.7. The van der Waals surface area contributed by atoms with E-state index >= 15 is 0 Å². The van der Waals surface area contributed by atoms with Gasteiger partial charge < -0.3 is 34.6 Å². The van der Waals surface area contributed by atoms with E-state index < -0.39 is 57.4 Å². The zero-order valence-electron chi connectivity index (χ0n) is 28.2. The molecule has 268 valence electrons. The Morgan fingerprint density at radius 3 is 2.24 bits per heavy atom. The zero-order chi connectivity index (χ0) is 34.4. The number of phosphoric ester groups is 1. The third-order valence-corrected chi connectivity index (χ3v) is 9.10. The molecule has 0 aliphatic heterocycles. The Labute approximate surface area is 276 Å². The largest absolute Gasteiger partial charge is 0.469 e. The highest BCUT2D eigenvalue weighted by molar-refractivity contribution is 7.46. The monoisotopic (exact) mass is 676 g/mol. The van der Waals surface area contributed by atoms with Crippen LogP contribution in [0.15, 0.2) is 24.3 Å². The normalized spacial score (nSPS) is 22.3. The van der Waals surface area contributed by atoms with Crippen LogP contribution in [0, 0.1) is 17.8 Å². The first kappa shape index (κ1) is 42.4. The van der Waals surface area contributed by atoms with Gasteiger partial charge in [0.05, 0.1) is 31.3 Å². The van der Waals surface area contributed by atoms with E-state index in [1.807, 2.05) is 0 Å². The van der Waals surface area contributed by atoms with Gasteiger partial charge in [-0.3, -0.25) is 14.1 Å². The van der Waals surface area contributed by atoms with Crippen molar-refractivity contribution in [2.24, 2.45) is 17.8 Å². The van der Waals surface area contributed by atoms with Gasteiger partial charge in [-0.05, 0) is 31.1 Å². The molecule has 0 aromatic carbocycles. The number of allylic oxidation sites excluding steroid dienone is 1. The average Bonchev–Trinajstić information content (AvgIpc) is 3.27. The van der Waals surface area contributed by atoms with E-state index in [0.717, 1.165) is 44.4 Å². The van der Waals surface area contributed by atoms with E-state index in [0.29, 0.717) is 19.3 Å². The summed E-state index contributed by atoms with van der Waals surface area (Å²) in [6.07, 6.45) is 16.3. The van der Waals surface area contributed by atoms with Gasteiger partial charge >= 0.3 is 19.8 Å². The Balaban J connectivity index is 2.47. The molecule has 5 N–H and O–H groups in total. The van der Waals surface area contributed by atoms with Crippen LogP contribution in [0.3, 0.4) is 0 Å². The van der Waals surface area contributed by atoms with Gasteiger partial charge in [0.1, 0.15) is 6.61 Å². The van der Waals surface area contributed by atoms with E-state index in [1.165, 1.54) is 25.7 Å². The third kappa shape index (κ3) is 20.6. The highest BCUT2D eigenvalue weighted by Gasteiger charge is 2.39. The Bertz CT molecular complexity index is 934. The number of hydrogen-bond donors (Lipinski definition) is 5. The SMILES string of the molecule is CCCCC[C@@H](O)/C=C/[C@@H]1[C@H](C/C=C\CC(=O)OC[C@H](COP(=O)(O)O)OC(=O)CCCCCCCCC(C)CC)[C@@H](O)C[C@H]1O. The fourth-order valence-electron chi connectivity index (χ4n) is 5.55. The molecule has 0 amide bonds. The molecule has 1 rings (SSSR count). The second kappa shape index (κ2) is 24.5. The fraction of sp³-hybridized carbons (Fsp3) is 0.824. The number of ether oxygens (including phenoxy) is 2. The van der Waals surface area contributed by atoms with Gasteiger partial charge in [-0.2, -0.15) is 0 Å². The van der Waals surface area contributed by atoms with Crippen molar-refractivity contribution in [3.63, 3.8) is 0 Å². The van der Waals surface area contributed by atoms with E-state index in [1.54, 1.807) is 24.3 Å². The van der Waals surface area contributed by atoms with Crippen molar-refractivity contribution in [2.45, 2.75) is 148 Å². The molecular weight excluding hydrogens is 615 g/mol. The summed E-state index contributed by atoms with van der Waals surface area (Å²) in [7, 11) is -4.82. The first-order chi connectivity index (χ1) is 21.9. The first-order valence-corrected chi connectivity index (χ1v) is 18.8. The van der Waals surface area contributed by atoms with Gasteiger partial charge in [0, 0.05) is 18.8 Å². The van der Waals surface area contributed by atoms with Gasteiger partial charge in [-0.1, -0.05) is 109 Å². The Morgan fingerprint density at radius 1 is 0.891 bits per heavy atom. The lowest BCUT2D eigenvalue weighted by atomic mass is 9.89. The summed E-state index contributed by atoms with van der Waals surface area (Å²) < 4.78 is 26.1. The van der Waals surface area contributed by atoms with Crippen molar-refractivity contribution in [3.8, 4) is 0 Å². The molecule has 0 radical (unpaired) electrons. The third-order valence-electron chi connectivity index (χ3n) is 8.62. The lowest BCUT2D eigenvalue weighted by Crippen LogP contribution is -2.29. The van der Waals surface area contributed by atoms with Gasteiger partial charge in [0.15, 0.2) is 6.10 Å². The molecule has 0 heterocycles. The molecule has 0 saturated heterocycles. The Kier molecular flexibility index (Phi) is 22.6. The van der Waals surface area contributed by atoms with Crippen molar-refractivity contribution < 1.29 is 53.3 Å². The number of hydrogen-bond acceptors (Lipinski definition) is 9. The summed E-state index contributed by atoms with van der Waals surface area (Å²) in [5, 5.41) is 31.1. The Hall–Kier alpha value is -1.59. The number of aliphatic hydroxyl groups excluding tert-OH is 3. The number of carbonyl (C=O) groups excluding carboxylic acids is 2. The van der Waals surface area contributed by atoms with E-state index in [9.17, 15) is 29.5 Å². The lowest BCUT2D eigenvalue weighted by Gasteiger charge is -2.19. The maximum absolute atomic E-state index is 12.3. The maximum atomic E-state index is 12.3. The average molecular weight is 677 g/mol. The quantitative estimate of drug-likeness (QED) is 0.0318. The molecule has 46 heavy (non-hydrogen) atoms. The van der Waals surface area contributed by atoms with Crippen LogP contribution in [0.25, 0.3) is 0 Å². The van der Waals surface area contributed by atoms with Crippen LogP contribution in [0.1, 0.15) is 124 Å². The van der Waals surface area contributed by atoms with Crippen molar-refractivity contribution >= 4 is 19.8 Å². The summed E-state index contributed by atoms with van der Waals surface area (Å²) in [5.74, 6) is -1.04. The Morgan fingerprint density at radius 2 is 1.57 bits per heavy atom. The standard InChI is InChI=1S/C34H61O11P/c1-4-6-11-17-27(35)21-22-30-29(31(36)23-32(30)37)18-14-15-19-33(38)43-24-28(25-44-46(40,41)42)45-34(39)20-13-10-8-7-9-12-16-26(3)5-2/h14-15,21-22,26-32,35-37H,4-13,16-20,23-25H2,1-3H3,(H2,40,41,42)/b15-14-,22-21+/t26?,27-,28-,29+,30-,31+,32-/m1/s1. The highest BCUT2D eigenvalue weighted by atomic mass is 31.2. The lowest BCUT2D eigenvalue weighted by molar-refractivity contribution is -0.160. The topological polar surface area (TPSA) is 180 Å². The van der Waals surface area contributed by atoms with E-state index in [4.69, 9.17) is 19.3 Å². The molecule has 0 spiro atoms. The smallest absolute Gasteiger partial charge is 0.461 e. The van der Waals surface area contributed by atoms with Crippen LogP contribution in [-0.4, -0.2) is 74.7 Å². The predicted molar refractivity (Wildman–Crippen MR) is 176 cm³/mol. The van der Waals surface area contributed by atoms with Crippen molar-refractivity contribution in [1.82, 2.24) is 0 Å². The van der Waals surface area contributed by atoms with Crippen LogP contribution in [-0.2, 0) is 28.2 Å². The van der Waals surface area contributed by atoms with E-state index in [-0.39, 0.29) is 31.1 Å². The van der Waals surface area contributed by atoms with Crippen molar-refractivity contribution in [3.05, 3.63) is 24.3 Å². The summed E-state index contributed by atoms with van der Waals surface area (Å²) in [4.78, 5) is 42.8. The van der Waals surface area contributed by atoms with Crippen LogP contribution in [0.2, 0.25) is 0 Å².